The molecule has 0 saturated carbocycles. The van der Waals surface area contributed by atoms with E-state index in [0.717, 1.165) is 24.2 Å². The number of amides is 3. The van der Waals surface area contributed by atoms with Gasteiger partial charge in [-0.25, -0.2) is 8.42 Å². The molecule has 5 rings (SSSR count). The first-order valence-corrected chi connectivity index (χ1v) is 14.1. The number of sulfonamides is 1. The van der Waals surface area contributed by atoms with Crippen LogP contribution in [0.25, 0.3) is 0 Å². The van der Waals surface area contributed by atoms with Gasteiger partial charge in [-0.3, -0.25) is 19.3 Å². The van der Waals surface area contributed by atoms with Gasteiger partial charge in [0, 0.05) is 18.8 Å². The Morgan fingerprint density at radius 1 is 0.868 bits per heavy atom. The molecule has 1 fully saturated rings. The lowest BCUT2D eigenvalue weighted by Crippen LogP contribution is -2.45. The number of hydrogen-bond donors (Lipinski definition) is 1. The van der Waals surface area contributed by atoms with Gasteiger partial charge in [-0.05, 0) is 74.1 Å². The van der Waals surface area contributed by atoms with Crippen LogP contribution in [0.4, 0.5) is 5.69 Å². The van der Waals surface area contributed by atoms with Crippen molar-refractivity contribution >= 4 is 33.4 Å². The van der Waals surface area contributed by atoms with E-state index in [4.69, 9.17) is 0 Å². The molecule has 1 N–H and O–H groups in total. The lowest BCUT2D eigenvalue weighted by Gasteiger charge is -2.31. The molecule has 3 aromatic rings. The second-order valence-electron chi connectivity index (χ2n) is 9.75. The highest BCUT2D eigenvalue weighted by molar-refractivity contribution is 7.89. The Hall–Kier alpha value is -3.82. The number of imide groups is 1. The monoisotopic (exact) mass is 531 g/mol. The Kier molecular flexibility index (Phi) is 7.14. The summed E-state index contributed by atoms with van der Waals surface area (Å²) in [5.41, 5.74) is 2.19. The third kappa shape index (κ3) is 4.99. The summed E-state index contributed by atoms with van der Waals surface area (Å²) in [6, 6.07) is 21.6. The maximum Gasteiger partial charge on any atom is 0.262 e. The highest BCUT2D eigenvalue weighted by atomic mass is 32.2. The van der Waals surface area contributed by atoms with Gasteiger partial charge in [0.1, 0.15) is 6.04 Å². The molecule has 3 aromatic carbocycles. The topological polar surface area (TPSA) is 104 Å². The lowest BCUT2D eigenvalue weighted by molar-refractivity contribution is -0.119. The molecule has 0 spiro atoms. The predicted molar refractivity (Wildman–Crippen MR) is 143 cm³/mol. The summed E-state index contributed by atoms with van der Waals surface area (Å²) < 4.78 is 27.9. The van der Waals surface area contributed by atoms with E-state index in [9.17, 15) is 22.8 Å². The van der Waals surface area contributed by atoms with Gasteiger partial charge >= 0.3 is 0 Å². The van der Waals surface area contributed by atoms with Crippen molar-refractivity contribution in [3.63, 3.8) is 0 Å². The number of carbonyl (C=O) groups is 3. The van der Waals surface area contributed by atoms with E-state index >= 15 is 0 Å². The Balaban J connectivity index is 1.19. The molecule has 0 aliphatic carbocycles. The summed E-state index contributed by atoms with van der Waals surface area (Å²) in [4.78, 5) is 39.3. The van der Waals surface area contributed by atoms with Crippen LogP contribution in [0.15, 0.2) is 83.8 Å². The number of hydrogen-bond acceptors (Lipinski definition) is 5. The molecule has 38 heavy (non-hydrogen) atoms. The summed E-state index contributed by atoms with van der Waals surface area (Å²) in [6.45, 7) is 2.42. The van der Waals surface area contributed by atoms with Gasteiger partial charge in [-0.1, -0.05) is 42.5 Å². The zero-order chi connectivity index (χ0) is 26.9. The summed E-state index contributed by atoms with van der Waals surface area (Å²) in [6.07, 6.45) is 2.55. The van der Waals surface area contributed by atoms with E-state index in [1.54, 1.807) is 24.3 Å². The molecule has 8 nitrogen and oxygen atoms in total. The largest absolute Gasteiger partial charge is 0.324 e. The lowest BCUT2D eigenvalue weighted by atomic mass is 9.91. The van der Waals surface area contributed by atoms with E-state index in [0.29, 0.717) is 24.7 Å². The van der Waals surface area contributed by atoms with Crippen LogP contribution in [0, 0.1) is 5.92 Å². The van der Waals surface area contributed by atoms with Crippen molar-refractivity contribution in [2.45, 2.75) is 37.1 Å². The second kappa shape index (κ2) is 10.5. The van der Waals surface area contributed by atoms with E-state index in [1.165, 1.54) is 41.1 Å². The fourth-order valence-electron chi connectivity index (χ4n) is 5.08. The third-order valence-corrected chi connectivity index (χ3v) is 9.21. The van der Waals surface area contributed by atoms with E-state index in [-0.39, 0.29) is 16.0 Å². The number of benzene rings is 3. The molecule has 2 aliphatic rings. The smallest absolute Gasteiger partial charge is 0.262 e. The normalized spacial score (nSPS) is 17.3. The summed E-state index contributed by atoms with van der Waals surface area (Å²) in [7, 11) is -3.66. The Morgan fingerprint density at radius 3 is 2.00 bits per heavy atom. The maximum atomic E-state index is 13.2. The third-order valence-electron chi connectivity index (χ3n) is 7.29. The number of rotatable bonds is 7. The molecular weight excluding hydrogens is 502 g/mol. The summed E-state index contributed by atoms with van der Waals surface area (Å²) in [5.74, 6) is -1.12. The minimum Gasteiger partial charge on any atom is -0.324 e. The zero-order valence-corrected chi connectivity index (χ0v) is 21.9. The predicted octanol–water partition coefficient (Wildman–Crippen LogP) is 3.95. The van der Waals surface area contributed by atoms with Crippen LogP contribution in [0.3, 0.4) is 0 Å². The van der Waals surface area contributed by atoms with Crippen molar-refractivity contribution in [2.24, 2.45) is 5.92 Å². The van der Waals surface area contributed by atoms with Crippen molar-refractivity contribution < 1.29 is 22.8 Å². The molecule has 0 bridgehead atoms. The van der Waals surface area contributed by atoms with Crippen LogP contribution >= 0.6 is 0 Å². The SMILES string of the molecule is CC(C(=O)Nc1ccc(S(=O)(=O)N2CCC(Cc3ccccc3)CC2)cc1)N1C(=O)c2ccccc2C1=O. The maximum absolute atomic E-state index is 13.2. The van der Waals surface area contributed by atoms with Crippen LogP contribution < -0.4 is 5.32 Å². The van der Waals surface area contributed by atoms with Crippen molar-refractivity contribution in [3.05, 3.63) is 95.6 Å². The van der Waals surface area contributed by atoms with Crippen LogP contribution in [-0.4, -0.2) is 54.5 Å². The first-order valence-electron chi connectivity index (χ1n) is 12.7. The van der Waals surface area contributed by atoms with Crippen LogP contribution in [-0.2, 0) is 21.2 Å². The molecule has 2 heterocycles. The molecule has 0 radical (unpaired) electrons. The number of nitrogens with zero attached hydrogens (tertiary/aromatic N) is 2. The number of fused-ring (bicyclic) bond motifs is 1. The fourth-order valence-corrected chi connectivity index (χ4v) is 6.55. The Morgan fingerprint density at radius 2 is 1.42 bits per heavy atom. The van der Waals surface area contributed by atoms with E-state index < -0.39 is 33.8 Å². The van der Waals surface area contributed by atoms with Crippen LogP contribution in [0.1, 0.15) is 46.0 Å². The van der Waals surface area contributed by atoms with Gasteiger partial charge in [0.2, 0.25) is 15.9 Å². The van der Waals surface area contributed by atoms with Crippen molar-refractivity contribution in [1.82, 2.24) is 9.21 Å². The second-order valence-corrected chi connectivity index (χ2v) is 11.7. The fraction of sp³-hybridized carbons (Fsp3) is 0.276. The molecule has 2 aliphatic heterocycles. The Labute approximate surface area is 222 Å². The molecule has 9 heteroatoms. The first kappa shape index (κ1) is 25.8. The van der Waals surface area contributed by atoms with Crippen LogP contribution in [0.5, 0.6) is 0 Å². The minimum atomic E-state index is -3.66. The number of piperidine rings is 1. The highest BCUT2D eigenvalue weighted by Crippen LogP contribution is 2.28. The summed E-state index contributed by atoms with van der Waals surface area (Å²) >= 11 is 0. The molecule has 196 valence electrons. The molecular formula is C29H29N3O5S. The molecule has 1 unspecified atom stereocenters. The summed E-state index contributed by atoms with van der Waals surface area (Å²) in [5, 5.41) is 2.68. The van der Waals surface area contributed by atoms with Crippen molar-refractivity contribution in [3.8, 4) is 0 Å². The minimum absolute atomic E-state index is 0.158. The Bertz CT molecular complexity index is 1430. The van der Waals surface area contributed by atoms with Crippen molar-refractivity contribution in [1.29, 1.82) is 0 Å². The zero-order valence-electron chi connectivity index (χ0n) is 21.0. The van der Waals surface area contributed by atoms with Crippen molar-refractivity contribution in [2.75, 3.05) is 18.4 Å². The number of nitrogens with one attached hydrogen (secondary N) is 1. The van der Waals surface area contributed by atoms with Gasteiger partial charge in [0.25, 0.3) is 11.8 Å². The van der Waals surface area contributed by atoms with Gasteiger partial charge < -0.3 is 5.32 Å². The number of anilines is 1. The first-order chi connectivity index (χ1) is 18.3. The van der Waals surface area contributed by atoms with Gasteiger partial charge in [-0.2, -0.15) is 4.31 Å². The molecule has 1 atom stereocenters. The standard InChI is InChI=1S/C29H29N3O5S/c1-20(32-28(34)25-9-5-6-10-26(25)29(32)35)27(33)30-23-11-13-24(14-12-23)38(36,37)31-17-15-22(16-18-31)19-21-7-3-2-4-8-21/h2-14,20,22H,15-19H2,1H3,(H,30,33). The van der Waals surface area contributed by atoms with Gasteiger partial charge in [0.15, 0.2) is 0 Å². The average Bonchev–Trinajstić information content (AvgIpc) is 3.19. The molecule has 3 amide bonds. The van der Waals surface area contributed by atoms with Gasteiger partial charge in [-0.15, -0.1) is 0 Å². The number of carbonyl (C=O) groups excluding carboxylic acids is 3. The van der Waals surface area contributed by atoms with E-state index in [2.05, 4.69) is 17.4 Å². The highest BCUT2D eigenvalue weighted by Gasteiger charge is 2.40. The quantitative estimate of drug-likeness (QED) is 0.465. The van der Waals surface area contributed by atoms with Gasteiger partial charge in [0.05, 0.1) is 16.0 Å². The molecule has 0 aromatic heterocycles. The van der Waals surface area contributed by atoms with Crippen LogP contribution in [0.2, 0.25) is 0 Å². The van der Waals surface area contributed by atoms with E-state index in [1.807, 2.05) is 18.2 Å². The average molecular weight is 532 g/mol. The molecule has 1 saturated heterocycles.